The number of nitrogens with zero attached hydrogens (tertiary/aromatic N) is 4. The van der Waals surface area contributed by atoms with Gasteiger partial charge in [0.25, 0.3) is 0 Å². The summed E-state index contributed by atoms with van der Waals surface area (Å²) in [6.45, 7) is 1.31. The van der Waals surface area contributed by atoms with Gasteiger partial charge in [-0.15, -0.1) is 0 Å². The van der Waals surface area contributed by atoms with E-state index in [1.165, 1.54) is 6.33 Å². The predicted octanol–water partition coefficient (Wildman–Crippen LogP) is 4.32. The van der Waals surface area contributed by atoms with E-state index >= 15 is 0 Å². The van der Waals surface area contributed by atoms with Gasteiger partial charge in [0.05, 0.1) is 5.69 Å². The van der Waals surface area contributed by atoms with Crippen LogP contribution in [0.1, 0.15) is 11.1 Å². The standard InChI is InChI=1S/C25H21N5O/c31-25-28-22-23(26-18-27-24(22)30(25)21-14-8-3-9-15-21)29(16-19-10-4-1-5-11-19)17-20-12-6-2-7-13-20/h1-15,18H,16-17H2,(H,28,31). The Balaban J connectivity index is 1.63. The van der Waals surface area contributed by atoms with Crippen LogP contribution in [0.4, 0.5) is 5.82 Å². The minimum Gasteiger partial charge on any atom is -0.346 e. The van der Waals surface area contributed by atoms with Gasteiger partial charge in [-0.25, -0.2) is 19.3 Å². The molecule has 6 nitrogen and oxygen atoms in total. The summed E-state index contributed by atoms with van der Waals surface area (Å²) in [7, 11) is 0. The van der Waals surface area contributed by atoms with E-state index < -0.39 is 0 Å². The molecule has 31 heavy (non-hydrogen) atoms. The number of aromatic amines is 1. The topological polar surface area (TPSA) is 66.8 Å². The molecule has 0 fully saturated rings. The van der Waals surface area contributed by atoms with Crippen LogP contribution in [-0.4, -0.2) is 19.5 Å². The van der Waals surface area contributed by atoms with E-state index in [0.717, 1.165) is 16.8 Å². The lowest BCUT2D eigenvalue weighted by atomic mass is 10.1. The molecule has 0 aliphatic carbocycles. The maximum atomic E-state index is 12.9. The van der Waals surface area contributed by atoms with Gasteiger partial charge in [0, 0.05) is 13.1 Å². The fraction of sp³-hybridized carbons (Fsp3) is 0.0800. The van der Waals surface area contributed by atoms with E-state index in [1.807, 2.05) is 66.7 Å². The van der Waals surface area contributed by atoms with Crippen LogP contribution in [0.5, 0.6) is 0 Å². The van der Waals surface area contributed by atoms with Crippen LogP contribution in [0.15, 0.2) is 102 Å². The van der Waals surface area contributed by atoms with Crippen molar-refractivity contribution in [3.8, 4) is 5.69 Å². The highest BCUT2D eigenvalue weighted by Gasteiger charge is 2.19. The molecule has 5 rings (SSSR count). The Morgan fingerprint density at radius 1 is 0.742 bits per heavy atom. The van der Waals surface area contributed by atoms with E-state index in [0.29, 0.717) is 30.1 Å². The molecule has 0 spiro atoms. The highest BCUT2D eigenvalue weighted by atomic mass is 16.1. The fourth-order valence-electron chi connectivity index (χ4n) is 3.78. The van der Waals surface area contributed by atoms with Crippen LogP contribution in [0.25, 0.3) is 16.9 Å². The molecule has 0 atom stereocenters. The summed E-state index contributed by atoms with van der Waals surface area (Å²) in [5, 5.41) is 0. The Hall–Kier alpha value is -4.19. The molecule has 3 aromatic carbocycles. The summed E-state index contributed by atoms with van der Waals surface area (Å²) in [5.41, 5.74) is 4.05. The van der Waals surface area contributed by atoms with Crippen molar-refractivity contribution < 1.29 is 0 Å². The molecule has 5 aromatic rings. The van der Waals surface area contributed by atoms with Gasteiger partial charge >= 0.3 is 5.69 Å². The third-order valence-corrected chi connectivity index (χ3v) is 5.20. The van der Waals surface area contributed by atoms with Gasteiger partial charge in [-0.2, -0.15) is 0 Å². The van der Waals surface area contributed by atoms with E-state index in [2.05, 4.69) is 44.1 Å². The molecular weight excluding hydrogens is 386 g/mol. The number of hydrogen-bond donors (Lipinski definition) is 1. The summed E-state index contributed by atoms with van der Waals surface area (Å²) >= 11 is 0. The van der Waals surface area contributed by atoms with E-state index in [-0.39, 0.29) is 5.69 Å². The van der Waals surface area contributed by atoms with E-state index in [9.17, 15) is 4.79 Å². The molecule has 6 heteroatoms. The molecule has 0 aliphatic heterocycles. The molecule has 0 aliphatic rings. The first-order valence-electron chi connectivity index (χ1n) is 10.1. The summed E-state index contributed by atoms with van der Waals surface area (Å²) in [6.07, 6.45) is 1.52. The smallest absolute Gasteiger partial charge is 0.332 e. The average molecular weight is 407 g/mol. The van der Waals surface area contributed by atoms with E-state index in [4.69, 9.17) is 0 Å². The Kier molecular flexibility index (Phi) is 5.02. The van der Waals surface area contributed by atoms with Crippen molar-refractivity contribution >= 4 is 17.0 Å². The van der Waals surface area contributed by atoms with E-state index in [1.54, 1.807) is 4.57 Å². The van der Waals surface area contributed by atoms with Crippen molar-refractivity contribution in [1.82, 2.24) is 19.5 Å². The predicted molar refractivity (Wildman–Crippen MR) is 122 cm³/mol. The maximum Gasteiger partial charge on any atom is 0.332 e. The lowest BCUT2D eigenvalue weighted by Gasteiger charge is -2.24. The minimum atomic E-state index is -0.234. The average Bonchev–Trinajstić information content (AvgIpc) is 3.16. The number of anilines is 1. The monoisotopic (exact) mass is 407 g/mol. The lowest BCUT2D eigenvalue weighted by molar-refractivity contribution is 0.785. The molecule has 0 saturated carbocycles. The van der Waals surface area contributed by atoms with Gasteiger partial charge in [-0.1, -0.05) is 78.9 Å². The molecule has 0 bridgehead atoms. The number of aromatic nitrogens is 4. The molecule has 1 N–H and O–H groups in total. The molecule has 152 valence electrons. The summed E-state index contributed by atoms with van der Waals surface area (Å²) < 4.78 is 1.59. The van der Waals surface area contributed by atoms with Gasteiger partial charge in [0.1, 0.15) is 11.8 Å². The molecule has 0 unspecified atom stereocenters. The Labute approximate surface area is 179 Å². The highest BCUT2D eigenvalue weighted by Crippen LogP contribution is 2.25. The third kappa shape index (κ3) is 3.83. The SMILES string of the molecule is O=c1[nH]c2c(N(Cc3ccccc3)Cc3ccccc3)ncnc2n1-c1ccccc1. The van der Waals surface area contributed by atoms with Crippen molar-refractivity contribution in [3.63, 3.8) is 0 Å². The number of rotatable bonds is 6. The summed E-state index contributed by atoms with van der Waals surface area (Å²) in [6, 6.07) is 30.0. The van der Waals surface area contributed by atoms with Crippen LogP contribution >= 0.6 is 0 Å². The number of H-pyrrole nitrogens is 1. The maximum absolute atomic E-state index is 12.9. The van der Waals surface area contributed by atoms with Crippen molar-refractivity contribution in [2.24, 2.45) is 0 Å². The fourth-order valence-corrected chi connectivity index (χ4v) is 3.78. The Bertz CT molecular complexity index is 1300. The first-order valence-corrected chi connectivity index (χ1v) is 10.1. The molecule has 0 amide bonds. The number of nitrogens with one attached hydrogen (secondary N) is 1. The summed E-state index contributed by atoms with van der Waals surface area (Å²) in [4.78, 5) is 27.0. The van der Waals surface area contributed by atoms with Gasteiger partial charge in [0.2, 0.25) is 0 Å². The zero-order chi connectivity index (χ0) is 21.0. The molecular formula is C25H21N5O. The number of imidazole rings is 1. The number of benzene rings is 3. The van der Waals surface area contributed by atoms with Gasteiger partial charge in [0.15, 0.2) is 11.5 Å². The Morgan fingerprint density at radius 3 is 1.87 bits per heavy atom. The normalized spacial score (nSPS) is 11.0. The van der Waals surface area contributed by atoms with Gasteiger partial charge in [-0.3, -0.25) is 0 Å². The molecule has 0 radical (unpaired) electrons. The van der Waals surface area contributed by atoms with Crippen LogP contribution in [-0.2, 0) is 13.1 Å². The molecule has 0 saturated heterocycles. The second-order valence-electron chi connectivity index (χ2n) is 7.32. The number of para-hydroxylation sites is 1. The lowest BCUT2D eigenvalue weighted by Crippen LogP contribution is -2.23. The molecule has 2 heterocycles. The number of hydrogen-bond acceptors (Lipinski definition) is 4. The summed E-state index contributed by atoms with van der Waals surface area (Å²) in [5.74, 6) is 0.699. The van der Waals surface area contributed by atoms with Crippen molar-refractivity contribution in [2.45, 2.75) is 13.1 Å². The molecule has 2 aromatic heterocycles. The minimum absolute atomic E-state index is 0.234. The van der Waals surface area contributed by atoms with Crippen molar-refractivity contribution in [1.29, 1.82) is 0 Å². The zero-order valence-corrected chi connectivity index (χ0v) is 16.8. The third-order valence-electron chi connectivity index (χ3n) is 5.20. The first-order chi connectivity index (χ1) is 15.3. The highest BCUT2D eigenvalue weighted by molar-refractivity contribution is 5.84. The van der Waals surface area contributed by atoms with Gasteiger partial charge in [-0.05, 0) is 23.3 Å². The largest absolute Gasteiger partial charge is 0.346 e. The van der Waals surface area contributed by atoms with Crippen molar-refractivity contribution in [2.75, 3.05) is 4.90 Å². The second-order valence-corrected chi connectivity index (χ2v) is 7.32. The van der Waals surface area contributed by atoms with Crippen LogP contribution in [0, 0.1) is 0 Å². The quantitative estimate of drug-likeness (QED) is 0.455. The van der Waals surface area contributed by atoms with Crippen LogP contribution in [0.2, 0.25) is 0 Å². The second kappa shape index (κ2) is 8.28. The van der Waals surface area contributed by atoms with Gasteiger partial charge < -0.3 is 9.88 Å². The Morgan fingerprint density at radius 2 is 1.29 bits per heavy atom. The number of fused-ring (bicyclic) bond motifs is 1. The van der Waals surface area contributed by atoms with Crippen LogP contribution < -0.4 is 10.6 Å². The zero-order valence-electron chi connectivity index (χ0n) is 16.8. The van der Waals surface area contributed by atoms with Crippen molar-refractivity contribution in [3.05, 3.63) is 119 Å². The first kappa shape index (κ1) is 18.8. The van der Waals surface area contributed by atoms with Crippen LogP contribution in [0.3, 0.4) is 0 Å².